The Morgan fingerprint density at radius 1 is 1.47 bits per heavy atom. The van der Waals surface area contributed by atoms with Crippen LogP contribution in [0.5, 0.6) is 0 Å². The third-order valence-corrected chi connectivity index (χ3v) is 4.16. The number of rotatable bonds is 6. The fraction of sp³-hybridized carbons (Fsp3) is 0.643. The number of nitrogens with one attached hydrogen (secondary N) is 1. The van der Waals surface area contributed by atoms with E-state index in [2.05, 4.69) is 45.9 Å². The van der Waals surface area contributed by atoms with Gasteiger partial charge in [0, 0.05) is 35.7 Å². The minimum atomic E-state index is 0.312. The molecule has 1 fully saturated rings. The zero-order valence-electron chi connectivity index (χ0n) is 11.4. The largest absolute Gasteiger partial charge is 0.384 e. The van der Waals surface area contributed by atoms with Crippen molar-refractivity contribution >= 4 is 28.4 Å². The van der Waals surface area contributed by atoms with Crippen molar-refractivity contribution in [1.82, 2.24) is 10.3 Å². The lowest BCUT2D eigenvalue weighted by molar-refractivity contribution is 0.0388. The number of anilines is 1. The molecule has 1 saturated heterocycles. The van der Waals surface area contributed by atoms with Crippen LogP contribution in [0.1, 0.15) is 17.7 Å². The van der Waals surface area contributed by atoms with Crippen molar-refractivity contribution < 1.29 is 4.74 Å². The highest BCUT2D eigenvalue weighted by molar-refractivity contribution is 14.1. The summed E-state index contributed by atoms with van der Waals surface area (Å²) in [6, 6.07) is 4.03. The number of alkyl halides is 1. The number of nitrogens with two attached hydrogens (primary N) is 1. The summed E-state index contributed by atoms with van der Waals surface area (Å²) in [5, 5.41) is 3.41. The fourth-order valence-corrected chi connectivity index (χ4v) is 2.85. The maximum Gasteiger partial charge on any atom is 0.123 e. The van der Waals surface area contributed by atoms with Crippen molar-refractivity contribution in [3.05, 3.63) is 23.4 Å². The molecule has 19 heavy (non-hydrogen) atoms. The molecule has 1 aliphatic heterocycles. The van der Waals surface area contributed by atoms with Crippen molar-refractivity contribution in [3.8, 4) is 0 Å². The monoisotopic (exact) mass is 375 g/mol. The van der Waals surface area contributed by atoms with Gasteiger partial charge in [-0.3, -0.25) is 0 Å². The molecule has 0 aliphatic carbocycles. The predicted molar refractivity (Wildman–Crippen MR) is 86.7 cm³/mol. The lowest BCUT2D eigenvalue weighted by atomic mass is 9.99. The number of pyridine rings is 1. The summed E-state index contributed by atoms with van der Waals surface area (Å²) in [5.41, 5.74) is 8.06. The van der Waals surface area contributed by atoms with Gasteiger partial charge in [-0.05, 0) is 37.5 Å². The first-order valence-corrected chi connectivity index (χ1v) is 8.33. The fourth-order valence-electron chi connectivity index (χ4n) is 2.54. The number of nitrogen functional groups attached to an aromatic ring is 1. The van der Waals surface area contributed by atoms with Gasteiger partial charge >= 0.3 is 0 Å². The Hall–Kier alpha value is -0.400. The van der Waals surface area contributed by atoms with Gasteiger partial charge in [0.05, 0.1) is 6.10 Å². The summed E-state index contributed by atoms with van der Waals surface area (Å²) < 4.78 is 7.11. The normalized spacial score (nSPS) is 22.8. The minimum Gasteiger partial charge on any atom is -0.384 e. The summed E-state index contributed by atoms with van der Waals surface area (Å²) in [7, 11) is 0. The first kappa shape index (κ1) is 15.0. The second-order valence-corrected chi connectivity index (χ2v) is 6.21. The molecule has 1 aromatic heterocycles. The Labute approximate surface area is 128 Å². The Kier molecular flexibility index (Phi) is 5.84. The van der Waals surface area contributed by atoms with E-state index in [-0.39, 0.29) is 0 Å². The van der Waals surface area contributed by atoms with E-state index in [0.29, 0.717) is 17.8 Å². The molecule has 1 aromatic rings. The Morgan fingerprint density at radius 2 is 2.32 bits per heavy atom. The van der Waals surface area contributed by atoms with Gasteiger partial charge in [-0.25, -0.2) is 4.98 Å². The molecule has 2 atom stereocenters. The van der Waals surface area contributed by atoms with Gasteiger partial charge in [0.1, 0.15) is 5.82 Å². The van der Waals surface area contributed by atoms with Crippen molar-refractivity contribution in [2.45, 2.75) is 25.9 Å². The van der Waals surface area contributed by atoms with E-state index in [1.54, 1.807) is 0 Å². The number of hydrogen-bond donors (Lipinski definition) is 2. The molecular formula is C14H22IN3O. The Bertz CT molecular complexity index is 393. The van der Waals surface area contributed by atoms with Crippen molar-refractivity contribution in [2.75, 3.05) is 29.9 Å². The first-order chi connectivity index (χ1) is 9.19. The van der Waals surface area contributed by atoms with Gasteiger partial charge in [-0.2, -0.15) is 0 Å². The molecule has 0 radical (unpaired) electrons. The van der Waals surface area contributed by atoms with Crippen LogP contribution < -0.4 is 11.1 Å². The molecule has 2 heterocycles. The molecule has 0 unspecified atom stereocenters. The number of hydrogen-bond acceptors (Lipinski definition) is 4. The third-order valence-electron chi connectivity index (χ3n) is 3.40. The predicted octanol–water partition coefficient (Wildman–Crippen LogP) is 1.94. The lowest BCUT2D eigenvalue weighted by Gasteiger charge is -2.19. The highest BCUT2D eigenvalue weighted by Gasteiger charge is 2.28. The van der Waals surface area contributed by atoms with Crippen LogP contribution in [0, 0.1) is 12.8 Å². The molecule has 0 amide bonds. The van der Waals surface area contributed by atoms with Gasteiger partial charge in [0.25, 0.3) is 0 Å². The standard InChI is InChI=1S/C14H22IN3O/c1-10-5-12(18-14(16)6-10)7-11-8-17-9-13(11)19-4-2-3-15/h5-6,11,13,17H,2-4,7-9H2,1H3,(H2,16,18)/t11-,13+/m1/s1. The average molecular weight is 375 g/mol. The van der Waals surface area contributed by atoms with Gasteiger partial charge in [0.2, 0.25) is 0 Å². The van der Waals surface area contributed by atoms with Gasteiger partial charge in [-0.15, -0.1) is 0 Å². The highest BCUT2D eigenvalue weighted by atomic mass is 127. The van der Waals surface area contributed by atoms with Gasteiger partial charge in [-0.1, -0.05) is 22.6 Å². The zero-order chi connectivity index (χ0) is 13.7. The molecule has 0 bridgehead atoms. The van der Waals surface area contributed by atoms with E-state index in [0.717, 1.165) is 42.7 Å². The number of aromatic nitrogens is 1. The first-order valence-electron chi connectivity index (χ1n) is 6.80. The van der Waals surface area contributed by atoms with E-state index < -0.39 is 0 Å². The number of ether oxygens (including phenoxy) is 1. The zero-order valence-corrected chi connectivity index (χ0v) is 13.5. The van der Waals surface area contributed by atoms with Crippen LogP contribution in [0.25, 0.3) is 0 Å². The number of aryl methyl sites for hydroxylation is 1. The molecule has 3 N–H and O–H groups in total. The smallest absolute Gasteiger partial charge is 0.123 e. The van der Waals surface area contributed by atoms with Crippen LogP contribution >= 0.6 is 22.6 Å². The quantitative estimate of drug-likeness (QED) is 0.453. The second-order valence-electron chi connectivity index (χ2n) is 5.13. The number of halogens is 1. The topological polar surface area (TPSA) is 60.2 Å². The molecule has 1 aliphatic rings. The van der Waals surface area contributed by atoms with E-state index in [9.17, 15) is 0 Å². The molecule has 0 saturated carbocycles. The second kappa shape index (κ2) is 7.40. The van der Waals surface area contributed by atoms with Crippen LogP contribution in [-0.4, -0.2) is 35.2 Å². The van der Waals surface area contributed by atoms with Crippen molar-refractivity contribution in [3.63, 3.8) is 0 Å². The third kappa shape index (κ3) is 4.57. The average Bonchev–Trinajstić information content (AvgIpc) is 2.76. The maximum atomic E-state index is 5.96. The summed E-state index contributed by atoms with van der Waals surface area (Å²) in [5.74, 6) is 1.12. The molecule has 0 spiro atoms. The van der Waals surface area contributed by atoms with Crippen molar-refractivity contribution in [1.29, 1.82) is 0 Å². The summed E-state index contributed by atoms with van der Waals surface area (Å²) in [6.07, 6.45) is 2.37. The maximum absolute atomic E-state index is 5.96. The summed E-state index contributed by atoms with van der Waals surface area (Å²) in [6.45, 7) is 4.87. The van der Waals surface area contributed by atoms with Crippen LogP contribution in [0.2, 0.25) is 0 Å². The SMILES string of the molecule is Cc1cc(N)nc(C[C@@H]2CNC[C@@H]2OCCCI)c1. The van der Waals surface area contributed by atoms with Crippen LogP contribution in [0.15, 0.2) is 12.1 Å². The lowest BCUT2D eigenvalue weighted by Crippen LogP contribution is -2.25. The molecule has 4 nitrogen and oxygen atoms in total. The van der Waals surface area contributed by atoms with E-state index in [4.69, 9.17) is 10.5 Å². The molecule has 106 valence electrons. The molecule has 2 rings (SSSR count). The van der Waals surface area contributed by atoms with Gasteiger partial charge < -0.3 is 15.8 Å². The van der Waals surface area contributed by atoms with E-state index in [1.165, 1.54) is 5.56 Å². The van der Waals surface area contributed by atoms with E-state index >= 15 is 0 Å². The summed E-state index contributed by atoms with van der Waals surface area (Å²) >= 11 is 2.39. The van der Waals surface area contributed by atoms with Crippen LogP contribution in [-0.2, 0) is 11.2 Å². The number of nitrogens with zero attached hydrogens (tertiary/aromatic N) is 1. The Balaban J connectivity index is 1.93. The van der Waals surface area contributed by atoms with Crippen LogP contribution in [0.3, 0.4) is 0 Å². The van der Waals surface area contributed by atoms with Gasteiger partial charge in [0.15, 0.2) is 0 Å². The van der Waals surface area contributed by atoms with E-state index in [1.807, 2.05) is 6.07 Å². The highest BCUT2D eigenvalue weighted by Crippen LogP contribution is 2.19. The Morgan fingerprint density at radius 3 is 3.05 bits per heavy atom. The molecule has 0 aromatic carbocycles. The molecule has 5 heteroatoms. The van der Waals surface area contributed by atoms with Crippen LogP contribution in [0.4, 0.5) is 5.82 Å². The summed E-state index contributed by atoms with van der Waals surface area (Å²) in [4.78, 5) is 4.42. The molecular weight excluding hydrogens is 353 g/mol. The van der Waals surface area contributed by atoms with Crippen molar-refractivity contribution in [2.24, 2.45) is 5.92 Å². The minimum absolute atomic E-state index is 0.312.